The van der Waals surface area contributed by atoms with Crippen LogP contribution in [0.15, 0.2) is 48.7 Å². The lowest BCUT2D eigenvalue weighted by molar-refractivity contribution is -0.141. The number of halogens is 5. The minimum Gasteiger partial charge on any atom is -0.357 e. The van der Waals surface area contributed by atoms with Crippen LogP contribution in [0.2, 0.25) is 0 Å². The van der Waals surface area contributed by atoms with E-state index in [4.69, 9.17) is 0 Å². The van der Waals surface area contributed by atoms with Gasteiger partial charge in [0.2, 0.25) is 6.41 Å². The van der Waals surface area contributed by atoms with E-state index in [-0.39, 0.29) is 30.2 Å². The number of carbonyl (C=O) groups is 3. The van der Waals surface area contributed by atoms with Crippen LogP contribution in [0.3, 0.4) is 0 Å². The number of hydrogen-bond donors (Lipinski definition) is 1. The van der Waals surface area contributed by atoms with Gasteiger partial charge < -0.3 is 19.6 Å². The minimum absolute atomic E-state index is 0.0157. The molecule has 0 bridgehead atoms. The lowest BCUT2D eigenvalue weighted by Crippen LogP contribution is -2.55. The highest BCUT2D eigenvalue weighted by molar-refractivity contribution is 5.92. The molecule has 1 unspecified atom stereocenters. The number of carbonyl (C=O) groups excluding carboxylic acids is 3. The number of alkyl halides is 3. The van der Waals surface area contributed by atoms with Crippen LogP contribution in [0.25, 0.3) is 0 Å². The van der Waals surface area contributed by atoms with Gasteiger partial charge in [-0.1, -0.05) is 30.0 Å². The molecule has 0 saturated carbocycles. The zero-order valence-electron chi connectivity index (χ0n) is 23.0. The Hall–Kier alpha value is -4.73. The van der Waals surface area contributed by atoms with E-state index in [1.54, 1.807) is 30.3 Å². The van der Waals surface area contributed by atoms with Crippen LogP contribution in [0.1, 0.15) is 36.0 Å². The van der Waals surface area contributed by atoms with Gasteiger partial charge in [0.25, 0.3) is 0 Å². The average molecular weight is 590 g/mol. The molecule has 0 aliphatic rings. The van der Waals surface area contributed by atoms with Gasteiger partial charge in [-0.3, -0.25) is 9.69 Å². The third-order valence-electron chi connectivity index (χ3n) is 6.51. The number of imidazole rings is 1. The summed E-state index contributed by atoms with van der Waals surface area (Å²) in [6.07, 6.45) is -3.11. The number of aldehydes is 1. The van der Waals surface area contributed by atoms with E-state index in [0.717, 1.165) is 34.8 Å². The van der Waals surface area contributed by atoms with E-state index >= 15 is 8.78 Å². The Morgan fingerprint density at radius 2 is 1.69 bits per heavy atom. The maximum atomic E-state index is 15.2. The second kappa shape index (κ2) is 13.3. The quantitative estimate of drug-likeness (QED) is 0.163. The number of nitrogens with zero attached hydrogens (tertiary/aromatic N) is 4. The first kappa shape index (κ1) is 31.8. The molecule has 0 spiro atoms. The van der Waals surface area contributed by atoms with Gasteiger partial charge in [0.15, 0.2) is 11.6 Å². The van der Waals surface area contributed by atoms with Crippen molar-refractivity contribution >= 4 is 24.4 Å². The summed E-state index contributed by atoms with van der Waals surface area (Å²) in [5, 5.41) is 2.36. The summed E-state index contributed by atoms with van der Waals surface area (Å²) in [5.41, 5.74) is -1.80. The molecule has 3 amide bonds. The lowest BCUT2D eigenvalue weighted by atomic mass is 9.92. The Morgan fingerprint density at radius 3 is 2.26 bits per heavy atom. The highest BCUT2D eigenvalue weighted by atomic mass is 19.4. The van der Waals surface area contributed by atoms with E-state index in [1.807, 2.05) is 0 Å². The van der Waals surface area contributed by atoms with Crippen molar-refractivity contribution in [2.75, 3.05) is 25.0 Å². The van der Waals surface area contributed by atoms with E-state index in [1.165, 1.54) is 13.8 Å². The van der Waals surface area contributed by atoms with Crippen molar-refractivity contribution in [1.29, 1.82) is 0 Å². The Kier molecular flexibility index (Phi) is 10.1. The number of hydrogen-bond acceptors (Lipinski definition) is 4. The summed E-state index contributed by atoms with van der Waals surface area (Å²) < 4.78 is 70.6. The molecule has 222 valence electrons. The van der Waals surface area contributed by atoms with Crippen molar-refractivity contribution in [3.63, 3.8) is 0 Å². The SMILES string of the molecule is Cc1nc(C(C)(CC=O)N(CCNC=O)C(=O)N(C)c2c(F)cc(C#Cc3ccccc3)cc2F)cn1CC(F)(F)F. The Morgan fingerprint density at radius 1 is 1.07 bits per heavy atom. The number of amides is 3. The Labute approximate surface area is 239 Å². The number of aromatic nitrogens is 2. The predicted octanol–water partition coefficient (Wildman–Crippen LogP) is 4.54. The summed E-state index contributed by atoms with van der Waals surface area (Å²) in [7, 11) is 1.11. The van der Waals surface area contributed by atoms with Gasteiger partial charge in [-0.05, 0) is 38.1 Å². The van der Waals surface area contributed by atoms with Gasteiger partial charge in [0.1, 0.15) is 24.3 Å². The number of aryl methyl sites for hydroxylation is 1. The normalized spacial score (nSPS) is 12.5. The highest BCUT2D eigenvalue weighted by Gasteiger charge is 2.42. The zero-order chi connectivity index (χ0) is 31.1. The molecule has 3 rings (SSSR count). The third-order valence-corrected chi connectivity index (χ3v) is 6.51. The van der Waals surface area contributed by atoms with Crippen molar-refractivity contribution in [3.8, 4) is 11.8 Å². The van der Waals surface area contributed by atoms with Gasteiger partial charge in [-0.15, -0.1) is 0 Å². The minimum atomic E-state index is -4.57. The van der Waals surface area contributed by atoms with Crippen molar-refractivity contribution in [3.05, 3.63) is 82.9 Å². The summed E-state index contributed by atoms with van der Waals surface area (Å²) in [6.45, 7) is 0.943. The van der Waals surface area contributed by atoms with Crippen LogP contribution in [0, 0.1) is 30.4 Å². The summed E-state index contributed by atoms with van der Waals surface area (Å²) in [5.74, 6) is 3.22. The fraction of sp³-hybridized carbons (Fsp3) is 0.310. The van der Waals surface area contributed by atoms with Crippen molar-refractivity contribution in [2.45, 2.75) is 38.5 Å². The lowest BCUT2D eigenvalue weighted by Gasteiger charge is -2.41. The summed E-state index contributed by atoms with van der Waals surface area (Å²) in [6, 6.07) is 9.66. The molecule has 42 heavy (non-hydrogen) atoms. The van der Waals surface area contributed by atoms with Crippen LogP contribution in [-0.2, 0) is 21.7 Å². The molecule has 1 atom stereocenters. The molecule has 1 N–H and O–H groups in total. The van der Waals surface area contributed by atoms with Gasteiger partial charge in [0, 0.05) is 43.9 Å². The van der Waals surface area contributed by atoms with Gasteiger partial charge >= 0.3 is 12.2 Å². The van der Waals surface area contributed by atoms with Crippen LogP contribution in [0.4, 0.5) is 32.4 Å². The molecular weight excluding hydrogens is 561 g/mol. The van der Waals surface area contributed by atoms with Crippen LogP contribution in [-0.4, -0.2) is 59.5 Å². The zero-order valence-corrected chi connectivity index (χ0v) is 23.0. The molecular formula is C29H28F5N5O3. The second-order valence-corrected chi connectivity index (χ2v) is 9.53. The molecule has 8 nitrogen and oxygen atoms in total. The van der Waals surface area contributed by atoms with E-state index in [9.17, 15) is 27.6 Å². The molecule has 0 radical (unpaired) electrons. The fourth-order valence-electron chi connectivity index (χ4n) is 4.33. The monoisotopic (exact) mass is 589 g/mol. The summed E-state index contributed by atoms with van der Waals surface area (Å²) in [4.78, 5) is 42.3. The average Bonchev–Trinajstić information content (AvgIpc) is 3.28. The van der Waals surface area contributed by atoms with Crippen molar-refractivity contribution in [2.24, 2.45) is 0 Å². The Balaban J connectivity index is 2.02. The van der Waals surface area contributed by atoms with Crippen LogP contribution < -0.4 is 10.2 Å². The molecule has 1 heterocycles. The molecule has 0 fully saturated rings. The molecule has 0 aliphatic heterocycles. The first-order valence-corrected chi connectivity index (χ1v) is 12.6. The number of urea groups is 1. The highest BCUT2D eigenvalue weighted by Crippen LogP contribution is 2.34. The van der Waals surface area contributed by atoms with E-state index < -0.39 is 48.0 Å². The fourth-order valence-corrected chi connectivity index (χ4v) is 4.33. The topological polar surface area (TPSA) is 87.5 Å². The predicted molar refractivity (Wildman–Crippen MR) is 144 cm³/mol. The maximum absolute atomic E-state index is 15.2. The second-order valence-electron chi connectivity index (χ2n) is 9.53. The molecule has 13 heteroatoms. The summed E-state index contributed by atoms with van der Waals surface area (Å²) >= 11 is 0. The smallest absolute Gasteiger partial charge is 0.357 e. The third kappa shape index (κ3) is 7.51. The number of anilines is 1. The van der Waals surface area contributed by atoms with Gasteiger partial charge in [0.05, 0.1) is 11.2 Å². The standard InChI is InChI=1S/C29H28F5N5O3/c1-20-36-25(17-38(20)18-29(32,33)34)28(2,11-14-40)39(13-12-35-19-41)27(42)37(3)26-23(30)15-22(16-24(26)31)10-9-21-7-5-4-6-8-21/h4-8,14-17,19H,11-13,18H2,1-3H3,(H,35,41). The maximum Gasteiger partial charge on any atom is 0.406 e. The molecule has 3 aromatic rings. The first-order valence-electron chi connectivity index (χ1n) is 12.6. The number of benzene rings is 2. The van der Waals surface area contributed by atoms with Crippen LogP contribution >= 0.6 is 0 Å². The number of rotatable bonds is 10. The van der Waals surface area contributed by atoms with Crippen molar-refractivity contribution in [1.82, 2.24) is 19.8 Å². The molecule has 0 saturated heterocycles. The molecule has 0 aliphatic carbocycles. The van der Waals surface area contributed by atoms with E-state index in [0.29, 0.717) is 23.2 Å². The van der Waals surface area contributed by atoms with Gasteiger partial charge in [-0.2, -0.15) is 13.2 Å². The first-order chi connectivity index (χ1) is 19.8. The Bertz CT molecular complexity index is 1470. The van der Waals surface area contributed by atoms with Gasteiger partial charge in [-0.25, -0.2) is 18.6 Å². The molecule has 2 aromatic carbocycles. The van der Waals surface area contributed by atoms with Crippen molar-refractivity contribution < 1.29 is 36.3 Å². The number of nitrogens with one attached hydrogen (secondary N) is 1. The van der Waals surface area contributed by atoms with E-state index in [2.05, 4.69) is 22.1 Å². The molecule has 1 aromatic heterocycles. The van der Waals surface area contributed by atoms with Crippen LogP contribution in [0.5, 0.6) is 0 Å². The largest absolute Gasteiger partial charge is 0.406 e.